The van der Waals surface area contributed by atoms with E-state index in [1.807, 2.05) is 0 Å². The van der Waals surface area contributed by atoms with E-state index in [9.17, 15) is 9.18 Å². The van der Waals surface area contributed by atoms with Crippen molar-refractivity contribution in [2.24, 2.45) is 5.73 Å². The maximum Gasteiger partial charge on any atom is 0.342 e. The molecule has 0 bridgehead atoms. The van der Waals surface area contributed by atoms with E-state index in [0.717, 1.165) is 8.26 Å². The van der Waals surface area contributed by atoms with Gasteiger partial charge in [-0.3, -0.25) is 0 Å². The number of hydrogen-bond acceptors (Lipinski definition) is 4. The number of halogens is 3. The van der Waals surface area contributed by atoms with Gasteiger partial charge in [0.1, 0.15) is 0 Å². The van der Waals surface area contributed by atoms with Crippen LogP contribution in [0.25, 0.3) is 0 Å². The minimum absolute atomic E-state index is 0.143. The van der Waals surface area contributed by atoms with Gasteiger partial charge in [-0.25, -0.2) is 9.18 Å². The molecule has 90 valence electrons. The monoisotopic (exact) mass is 373 g/mol. The molecule has 0 aliphatic heterocycles. The van der Waals surface area contributed by atoms with Gasteiger partial charge in [0.2, 0.25) is 6.17 Å². The topological polar surface area (TPSA) is 52.3 Å². The van der Waals surface area contributed by atoms with Crippen molar-refractivity contribution in [2.75, 3.05) is 6.61 Å². The molecule has 1 aromatic heterocycles. The van der Waals surface area contributed by atoms with Gasteiger partial charge in [0.15, 0.2) is 0 Å². The van der Waals surface area contributed by atoms with Gasteiger partial charge in [-0.2, -0.15) is 0 Å². The van der Waals surface area contributed by atoms with Crippen LogP contribution in [0.2, 0.25) is 0 Å². The smallest absolute Gasteiger partial charge is 0.342 e. The zero-order valence-electron chi connectivity index (χ0n) is 8.38. The summed E-state index contributed by atoms with van der Waals surface area (Å²) >= 11 is 7.83. The molecule has 1 heterocycles. The van der Waals surface area contributed by atoms with Gasteiger partial charge < -0.3 is 10.5 Å². The van der Waals surface area contributed by atoms with E-state index in [1.54, 1.807) is 13.0 Å². The maximum absolute atomic E-state index is 13.6. The Labute approximate surface area is 113 Å². The van der Waals surface area contributed by atoms with Crippen LogP contribution in [0.1, 0.15) is 17.8 Å². The Balaban J connectivity index is 2.77. The fraction of sp³-hybridized carbons (Fsp3) is 0.444. The quantitative estimate of drug-likeness (QED) is 0.823. The normalized spacial score (nSPS) is 14.6. The van der Waals surface area contributed by atoms with E-state index < -0.39 is 18.2 Å². The highest BCUT2D eigenvalue weighted by Crippen LogP contribution is 2.36. The lowest BCUT2D eigenvalue weighted by Gasteiger charge is -2.13. The molecule has 2 N–H and O–H groups in total. The van der Waals surface area contributed by atoms with Crippen LogP contribution in [-0.4, -0.2) is 18.7 Å². The van der Waals surface area contributed by atoms with E-state index >= 15 is 0 Å². The first kappa shape index (κ1) is 14.1. The molecular weight excluding hydrogens is 365 g/mol. The average Bonchev–Trinajstić information content (AvgIpc) is 2.57. The minimum atomic E-state index is -1.84. The fourth-order valence-electron chi connectivity index (χ4n) is 1.04. The van der Waals surface area contributed by atoms with Crippen LogP contribution in [0.5, 0.6) is 0 Å². The third kappa shape index (κ3) is 3.26. The lowest BCUT2D eigenvalue weighted by Crippen LogP contribution is -2.30. The van der Waals surface area contributed by atoms with Crippen LogP contribution in [0.4, 0.5) is 4.39 Å². The van der Waals surface area contributed by atoms with Gasteiger partial charge in [-0.1, -0.05) is 0 Å². The SMILES string of the molecule is CCOC(=O)C(F)[C@H](N)c1cc(Br)c(Br)s1. The lowest BCUT2D eigenvalue weighted by atomic mass is 10.1. The van der Waals surface area contributed by atoms with Gasteiger partial charge in [-0.05, 0) is 44.8 Å². The van der Waals surface area contributed by atoms with Crippen molar-refractivity contribution in [3.63, 3.8) is 0 Å². The van der Waals surface area contributed by atoms with E-state index in [-0.39, 0.29) is 6.61 Å². The zero-order chi connectivity index (χ0) is 12.3. The highest BCUT2D eigenvalue weighted by atomic mass is 79.9. The number of hydrogen-bond donors (Lipinski definition) is 1. The molecule has 1 rings (SSSR count). The number of esters is 1. The molecule has 0 aliphatic rings. The molecule has 0 saturated carbocycles. The molecule has 0 aromatic carbocycles. The average molecular weight is 375 g/mol. The number of ether oxygens (including phenoxy) is 1. The standard InChI is InChI=1S/C9H10Br2FNO2S/c1-2-15-9(14)6(12)7(13)5-3-4(10)8(11)16-5/h3,6-7H,2,13H2,1H3/t6?,7-/m1/s1. The van der Waals surface area contributed by atoms with Crippen LogP contribution in [0.3, 0.4) is 0 Å². The molecule has 0 fully saturated rings. The lowest BCUT2D eigenvalue weighted by molar-refractivity contribution is -0.149. The Morgan fingerprint density at radius 3 is 2.75 bits per heavy atom. The number of rotatable bonds is 4. The molecule has 0 radical (unpaired) electrons. The highest BCUT2D eigenvalue weighted by molar-refractivity contribution is 9.13. The Morgan fingerprint density at radius 1 is 1.69 bits per heavy atom. The molecular formula is C9H10Br2FNO2S. The summed E-state index contributed by atoms with van der Waals surface area (Å²) in [5.74, 6) is -0.921. The predicted molar refractivity (Wildman–Crippen MR) is 68.2 cm³/mol. The fourth-order valence-corrected chi connectivity index (χ4v) is 3.15. The first-order valence-electron chi connectivity index (χ1n) is 4.48. The molecule has 16 heavy (non-hydrogen) atoms. The number of nitrogens with two attached hydrogens (primary N) is 1. The molecule has 3 nitrogen and oxygen atoms in total. The Hall–Kier alpha value is 0.0200. The van der Waals surface area contributed by atoms with E-state index in [1.165, 1.54) is 11.3 Å². The van der Waals surface area contributed by atoms with Crippen LogP contribution in [-0.2, 0) is 9.53 Å². The summed E-state index contributed by atoms with van der Waals surface area (Å²) in [5, 5.41) is 0. The largest absolute Gasteiger partial charge is 0.464 e. The Kier molecular flexibility index (Phi) is 5.36. The van der Waals surface area contributed by atoms with E-state index in [4.69, 9.17) is 5.73 Å². The second-order valence-corrected chi connectivity index (χ2v) is 6.21. The van der Waals surface area contributed by atoms with Crippen LogP contribution in [0, 0.1) is 0 Å². The molecule has 2 atom stereocenters. The molecule has 0 spiro atoms. The van der Waals surface area contributed by atoms with E-state index in [0.29, 0.717) is 4.88 Å². The summed E-state index contributed by atoms with van der Waals surface area (Å²) < 4.78 is 19.8. The molecule has 1 unspecified atom stereocenters. The van der Waals surface area contributed by atoms with Gasteiger partial charge in [0.05, 0.1) is 16.4 Å². The number of alkyl halides is 1. The molecule has 0 aliphatic carbocycles. The van der Waals surface area contributed by atoms with Gasteiger partial charge in [0, 0.05) is 9.35 Å². The Morgan fingerprint density at radius 2 is 2.31 bits per heavy atom. The van der Waals surface area contributed by atoms with Crippen LogP contribution >= 0.6 is 43.2 Å². The van der Waals surface area contributed by atoms with Gasteiger partial charge in [-0.15, -0.1) is 11.3 Å². The van der Waals surface area contributed by atoms with Crippen molar-refractivity contribution in [1.29, 1.82) is 0 Å². The first-order chi connectivity index (χ1) is 7.47. The van der Waals surface area contributed by atoms with Crippen molar-refractivity contribution < 1.29 is 13.9 Å². The molecule has 1 aromatic rings. The molecule has 0 amide bonds. The predicted octanol–water partition coefficient (Wildman–Crippen LogP) is 3.17. The summed E-state index contributed by atoms with van der Waals surface area (Å²) in [6, 6.07) is 0.692. The Bertz CT molecular complexity index is 366. The summed E-state index contributed by atoms with van der Waals surface area (Å²) in [5.41, 5.74) is 5.64. The van der Waals surface area contributed by atoms with Crippen molar-refractivity contribution >= 4 is 49.2 Å². The maximum atomic E-state index is 13.6. The van der Waals surface area contributed by atoms with Crippen molar-refractivity contribution in [1.82, 2.24) is 0 Å². The van der Waals surface area contributed by atoms with Crippen molar-refractivity contribution in [3.05, 3.63) is 19.2 Å². The van der Waals surface area contributed by atoms with Gasteiger partial charge >= 0.3 is 5.97 Å². The summed E-state index contributed by atoms with van der Waals surface area (Å²) in [7, 11) is 0. The first-order valence-corrected chi connectivity index (χ1v) is 6.88. The summed E-state index contributed by atoms with van der Waals surface area (Å²) in [6.45, 7) is 1.76. The van der Waals surface area contributed by atoms with Crippen molar-refractivity contribution in [2.45, 2.75) is 19.1 Å². The third-order valence-corrected chi connectivity index (χ3v) is 5.18. The van der Waals surface area contributed by atoms with Crippen LogP contribution < -0.4 is 5.73 Å². The minimum Gasteiger partial charge on any atom is -0.464 e. The number of carbonyl (C=O) groups excluding carboxylic acids is 1. The second-order valence-electron chi connectivity index (χ2n) is 2.95. The number of thiophene rings is 1. The van der Waals surface area contributed by atoms with Gasteiger partial charge in [0.25, 0.3) is 0 Å². The third-order valence-electron chi connectivity index (χ3n) is 1.82. The van der Waals surface area contributed by atoms with Crippen LogP contribution in [0.15, 0.2) is 14.3 Å². The second kappa shape index (κ2) is 6.09. The molecule has 0 saturated heterocycles. The molecule has 7 heteroatoms. The highest BCUT2D eigenvalue weighted by Gasteiger charge is 2.29. The van der Waals surface area contributed by atoms with Crippen molar-refractivity contribution in [3.8, 4) is 0 Å². The summed E-state index contributed by atoms with van der Waals surface area (Å²) in [4.78, 5) is 11.7. The number of carbonyl (C=O) groups is 1. The van der Waals surface area contributed by atoms with E-state index in [2.05, 4.69) is 36.6 Å². The zero-order valence-corrected chi connectivity index (χ0v) is 12.4. The summed E-state index contributed by atoms with van der Waals surface area (Å²) in [6.07, 6.45) is -1.84.